The summed E-state index contributed by atoms with van der Waals surface area (Å²) in [6.07, 6.45) is 2.94. The van der Waals surface area contributed by atoms with Gasteiger partial charge in [0.1, 0.15) is 0 Å². The van der Waals surface area contributed by atoms with Crippen LogP contribution in [0, 0.1) is 0 Å². The molecule has 0 spiro atoms. The van der Waals surface area contributed by atoms with Crippen LogP contribution in [-0.2, 0) is 4.74 Å². The highest BCUT2D eigenvalue weighted by Crippen LogP contribution is 2.17. The van der Waals surface area contributed by atoms with Gasteiger partial charge in [0, 0.05) is 32.0 Å². The first-order valence-electron chi connectivity index (χ1n) is 5.39. The van der Waals surface area contributed by atoms with Crippen molar-refractivity contribution < 1.29 is 9.53 Å². The summed E-state index contributed by atoms with van der Waals surface area (Å²) in [7, 11) is 0. The number of hydrogen-bond donors (Lipinski definition) is 2. The second-order valence-corrected chi connectivity index (χ2v) is 3.77. The molecule has 0 aliphatic carbocycles. The summed E-state index contributed by atoms with van der Waals surface area (Å²) < 4.78 is 5.45. The molecule has 1 fully saturated rings. The van der Waals surface area contributed by atoms with E-state index in [9.17, 15) is 4.79 Å². The van der Waals surface area contributed by atoms with Gasteiger partial charge >= 0.3 is 0 Å². The van der Waals surface area contributed by atoms with Gasteiger partial charge < -0.3 is 21.1 Å². The number of nitrogens with two attached hydrogens (primary N) is 2. The van der Waals surface area contributed by atoms with E-state index in [1.54, 1.807) is 0 Å². The van der Waals surface area contributed by atoms with E-state index < -0.39 is 5.91 Å². The first-order chi connectivity index (χ1) is 8.22. The molecule has 7 heteroatoms. The fourth-order valence-electron chi connectivity index (χ4n) is 1.79. The van der Waals surface area contributed by atoms with Gasteiger partial charge in [0.2, 0.25) is 0 Å². The molecule has 1 saturated heterocycles. The van der Waals surface area contributed by atoms with Gasteiger partial charge in [-0.1, -0.05) is 0 Å². The number of ether oxygens (including phenoxy) is 1. The van der Waals surface area contributed by atoms with Crippen LogP contribution in [0.5, 0.6) is 0 Å². The predicted molar refractivity (Wildman–Crippen MR) is 61.6 cm³/mol. The van der Waals surface area contributed by atoms with Crippen LogP contribution < -0.4 is 16.4 Å². The van der Waals surface area contributed by atoms with Gasteiger partial charge in [-0.3, -0.25) is 4.79 Å². The monoisotopic (exact) mass is 237 g/mol. The number of rotatable bonds is 3. The Morgan fingerprint density at radius 1 is 1.53 bits per heavy atom. The Morgan fingerprint density at radius 2 is 2.29 bits per heavy atom. The summed E-state index contributed by atoms with van der Waals surface area (Å²) in [5, 5.41) is 0. The molecule has 1 atom stereocenters. The Hall–Kier alpha value is -1.73. The molecule has 1 aromatic rings. The number of anilines is 1. The molecular formula is C10H15N5O2. The molecular weight excluding hydrogens is 222 g/mol. The average molecular weight is 237 g/mol. The smallest absolute Gasteiger partial charge is 0.271 e. The molecule has 1 unspecified atom stereocenters. The molecule has 0 radical (unpaired) electrons. The van der Waals surface area contributed by atoms with E-state index in [2.05, 4.69) is 9.97 Å². The molecule has 2 heterocycles. The zero-order chi connectivity index (χ0) is 12.3. The third-order valence-corrected chi connectivity index (χ3v) is 2.61. The number of nitrogens with zero attached hydrogens (tertiary/aromatic N) is 3. The Bertz CT molecular complexity index is 411. The molecule has 1 aromatic heterocycles. The van der Waals surface area contributed by atoms with Gasteiger partial charge in [-0.15, -0.1) is 0 Å². The van der Waals surface area contributed by atoms with E-state index in [0.29, 0.717) is 32.1 Å². The van der Waals surface area contributed by atoms with E-state index in [-0.39, 0.29) is 11.8 Å². The Labute approximate surface area is 98.8 Å². The topological polar surface area (TPSA) is 107 Å². The van der Waals surface area contributed by atoms with Gasteiger partial charge in [-0.2, -0.15) is 0 Å². The molecule has 4 N–H and O–H groups in total. The molecule has 0 bridgehead atoms. The maximum atomic E-state index is 11.3. The van der Waals surface area contributed by atoms with E-state index in [4.69, 9.17) is 16.2 Å². The molecule has 1 amide bonds. The summed E-state index contributed by atoms with van der Waals surface area (Å²) in [6, 6.07) is 0. The lowest BCUT2D eigenvalue weighted by Gasteiger charge is -2.33. The lowest BCUT2D eigenvalue weighted by atomic mass is 10.2. The third kappa shape index (κ3) is 2.51. The SMILES string of the molecule is NCC1CN(c2nccnc2C(N)=O)CCO1. The minimum absolute atomic E-state index is 0.0496. The normalized spacial score (nSPS) is 20.3. The van der Waals surface area contributed by atoms with Crippen LogP contribution in [0.25, 0.3) is 0 Å². The standard InChI is InChI=1S/C10H15N5O2/c11-5-7-6-15(3-4-17-7)10-8(9(12)16)13-1-2-14-10/h1-2,7H,3-6,11H2,(H2,12,16). The summed E-state index contributed by atoms with van der Waals surface area (Å²) in [5.41, 5.74) is 11.0. The Morgan fingerprint density at radius 3 is 3.00 bits per heavy atom. The quantitative estimate of drug-likeness (QED) is 0.679. The Kier molecular flexibility index (Phi) is 3.50. The maximum absolute atomic E-state index is 11.3. The highest BCUT2D eigenvalue weighted by molar-refractivity contribution is 5.95. The number of primary amides is 1. The highest BCUT2D eigenvalue weighted by Gasteiger charge is 2.24. The van der Waals surface area contributed by atoms with Crippen molar-refractivity contribution in [3.63, 3.8) is 0 Å². The number of aromatic nitrogens is 2. The number of carbonyl (C=O) groups excluding carboxylic acids is 1. The summed E-state index contributed by atoms with van der Waals surface area (Å²) in [5.74, 6) is -0.0781. The van der Waals surface area contributed by atoms with Gasteiger partial charge in [-0.05, 0) is 0 Å². The summed E-state index contributed by atoms with van der Waals surface area (Å²) in [4.78, 5) is 21.3. The Balaban J connectivity index is 2.24. The zero-order valence-electron chi connectivity index (χ0n) is 9.37. The molecule has 1 aliphatic rings. The van der Waals surface area contributed by atoms with E-state index in [1.807, 2.05) is 4.90 Å². The summed E-state index contributed by atoms with van der Waals surface area (Å²) >= 11 is 0. The van der Waals surface area contributed by atoms with Crippen LogP contribution in [0.4, 0.5) is 5.82 Å². The fourth-order valence-corrected chi connectivity index (χ4v) is 1.79. The number of amides is 1. The molecule has 1 aliphatic heterocycles. The maximum Gasteiger partial charge on any atom is 0.271 e. The summed E-state index contributed by atoms with van der Waals surface area (Å²) in [6.45, 7) is 2.23. The lowest BCUT2D eigenvalue weighted by Crippen LogP contribution is -2.46. The van der Waals surface area contributed by atoms with Crippen molar-refractivity contribution in [2.75, 3.05) is 31.1 Å². The molecule has 0 aromatic carbocycles. The van der Waals surface area contributed by atoms with E-state index in [1.165, 1.54) is 12.4 Å². The van der Waals surface area contributed by atoms with Gasteiger partial charge in [0.15, 0.2) is 11.5 Å². The number of carbonyl (C=O) groups is 1. The van der Waals surface area contributed by atoms with Crippen LogP contribution in [0.2, 0.25) is 0 Å². The first kappa shape index (κ1) is 11.7. The van der Waals surface area contributed by atoms with Crippen molar-refractivity contribution in [1.29, 1.82) is 0 Å². The van der Waals surface area contributed by atoms with Gasteiger partial charge in [0.25, 0.3) is 5.91 Å². The van der Waals surface area contributed by atoms with Crippen molar-refractivity contribution in [1.82, 2.24) is 9.97 Å². The molecule has 2 rings (SSSR count). The lowest BCUT2D eigenvalue weighted by molar-refractivity contribution is 0.0461. The van der Waals surface area contributed by atoms with Gasteiger partial charge in [-0.25, -0.2) is 9.97 Å². The molecule has 7 nitrogen and oxygen atoms in total. The second kappa shape index (κ2) is 5.07. The van der Waals surface area contributed by atoms with Gasteiger partial charge in [0.05, 0.1) is 12.7 Å². The fraction of sp³-hybridized carbons (Fsp3) is 0.500. The minimum atomic E-state index is -0.580. The van der Waals surface area contributed by atoms with Crippen LogP contribution in [0.3, 0.4) is 0 Å². The van der Waals surface area contributed by atoms with Crippen molar-refractivity contribution in [2.45, 2.75) is 6.10 Å². The molecule has 17 heavy (non-hydrogen) atoms. The predicted octanol–water partition coefficient (Wildman–Crippen LogP) is -1.26. The van der Waals surface area contributed by atoms with E-state index in [0.717, 1.165) is 0 Å². The largest absolute Gasteiger partial charge is 0.373 e. The van der Waals surface area contributed by atoms with Crippen molar-refractivity contribution >= 4 is 11.7 Å². The van der Waals surface area contributed by atoms with Crippen LogP contribution in [-0.4, -0.2) is 48.2 Å². The molecule has 0 saturated carbocycles. The number of morpholine rings is 1. The average Bonchev–Trinajstić information content (AvgIpc) is 2.39. The van der Waals surface area contributed by atoms with Crippen molar-refractivity contribution in [2.24, 2.45) is 11.5 Å². The van der Waals surface area contributed by atoms with Crippen molar-refractivity contribution in [3.8, 4) is 0 Å². The van der Waals surface area contributed by atoms with Crippen LogP contribution in [0.15, 0.2) is 12.4 Å². The third-order valence-electron chi connectivity index (χ3n) is 2.61. The van der Waals surface area contributed by atoms with E-state index >= 15 is 0 Å². The zero-order valence-corrected chi connectivity index (χ0v) is 9.37. The van der Waals surface area contributed by atoms with Crippen LogP contribution >= 0.6 is 0 Å². The van der Waals surface area contributed by atoms with Crippen LogP contribution in [0.1, 0.15) is 10.5 Å². The first-order valence-corrected chi connectivity index (χ1v) is 5.39. The molecule has 92 valence electrons. The highest BCUT2D eigenvalue weighted by atomic mass is 16.5. The van der Waals surface area contributed by atoms with Crippen molar-refractivity contribution in [3.05, 3.63) is 18.1 Å². The number of hydrogen-bond acceptors (Lipinski definition) is 6. The second-order valence-electron chi connectivity index (χ2n) is 3.77. The minimum Gasteiger partial charge on any atom is -0.373 e.